The number of carbonyl (C=O) groups excluding carboxylic acids is 4. The SMILES string of the molecule is C#CCOc1cc(-c2cc(-c3ccc(C(=O)NN)c(OCC#C)c3)c3ccc4c(-c5ccc(C(=O)NN)c(OCC#C)c5)cc(-c5ccc(C(=O)NN)c(OCC#C)c5)c5ccc2c3c54)ccc1C(=O)NN. The van der Waals surface area contributed by atoms with Crippen LogP contribution in [-0.4, -0.2) is 50.1 Å². The molecule has 0 aliphatic carbocycles. The molecular formula is C56H42N8O8. The molecule has 354 valence electrons. The summed E-state index contributed by atoms with van der Waals surface area (Å²) < 4.78 is 23.7. The Labute approximate surface area is 412 Å². The molecule has 0 atom stereocenters. The third kappa shape index (κ3) is 9.03. The van der Waals surface area contributed by atoms with Crippen LogP contribution in [0.5, 0.6) is 23.0 Å². The topological polar surface area (TPSA) is 257 Å². The highest BCUT2D eigenvalue weighted by molar-refractivity contribution is 6.32. The van der Waals surface area contributed by atoms with Crippen molar-refractivity contribution in [2.45, 2.75) is 0 Å². The van der Waals surface area contributed by atoms with Gasteiger partial charge in [0, 0.05) is 0 Å². The number of nitrogen functional groups attached to an aromatic ring is 4. The van der Waals surface area contributed by atoms with Crippen LogP contribution in [0.15, 0.2) is 109 Å². The molecule has 16 nitrogen and oxygen atoms in total. The zero-order valence-electron chi connectivity index (χ0n) is 38.1. The number of rotatable bonds is 16. The molecule has 0 bridgehead atoms. The number of terminal acetylenes is 4. The predicted molar refractivity (Wildman–Crippen MR) is 276 cm³/mol. The average molecular weight is 955 g/mol. The maximum atomic E-state index is 13.0. The van der Waals surface area contributed by atoms with E-state index in [0.717, 1.165) is 32.3 Å². The highest BCUT2D eigenvalue weighted by Crippen LogP contribution is 2.50. The van der Waals surface area contributed by atoms with Gasteiger partial charge in [0.1, 0.15) is 49.4 Å². The summed E-state index contributed by atoms with van der Waals surface area (Å²) in [7, 11) is 0. The number of benzene rings is 8. The molecule has 0 saturated heterocycles. The molecule has 0 spiro atoms. The highest BCUT2D eigenvalue weighted by atomic mass is 16.5. The first-order valence-electron chi connectivity index (χ1n) is 21.7. The Morgan fingerprint density at radius 2 is 0.583 bits per heavy atom. The molecule has 0 radical (unpaired) electrons. The highest BCUT2D eigenvalue weighted by Gasteiger charge is 2.25. The summed E-state index contributed by atoms with van der Waals surface area (Å²) in [6.45, 7) is -0.581. The van der Waals surface area contributed by atoms with Gasteiger partial charge in [0.15, 0.2) is 0 Å². The van der Waals surface area contributed by atoms with E-state index in [-0.39, 0.29) is 71.7 Å². The first kappa shape index (κ1) is 48.4. The summed E-state index contributed by atoms with van der Waals surface area (Å²) in [5.74, 6) is 30.4. The van der Waals surface area contributed by atoms with Crippen molar-refractivity contribution in [2.24, 2.45) is 23.4 Å². The minimum atomic E-state index is -0.597. The summed E-state index contributed by atoms with van der Waals surface area (Å²) in [4.78, 5) is 52.0. The molecule has 0 unspecified atom stereocenters. The lowest BCUT2D eigenvalue weighted by Crippen LogP contribution is -2.30. The Bertz CT molecular complexity index is 3220. The van der Waals surface area contributed by atoms with Gasteiger partial charge in [-0.25, -0.2) is 23.4 Å². The van der Waals surface area contributed by atoms with Crippen molar-refractivity contribution in [2.75, 3.05) is 26.4 Å². The Hall–Kier alpha value is -10.0. The molecule has 72 heavy (non-hydrogen) atoms. The smallest absolute Gasteiger partial charge is 0.268 e. The molecule has 0 aliphatic heterocycles. The van der Waals surface area contributed by atoms with E-state index >= 15 is 0 Å². The standard InChI is InChI=1S/C56H42N8O8/c1-5-21-69-47-25-31(9-13-39(47)53(65)61-57)43-29-44(32-10-14-40(54(66)62-58)48(26-32)70-22-6-2)36-19-20-38-46(34-12-16-42(56(68)64-60)50(28-34)72-24-8-4)30-45(37-18-17-35(43)51(36)52(37)38)33-11-15-41(55(67)63-59)49(27-33)71-23-7-3/h1-4,9-20,25-30H,21-24,57-60H2,(H,61,65)(H,62,66)(H,63,67)(H,64,68). The van der Waals surface area contributed by atoms with E-state index in [9.17, 15) is 19.2 Å². The predicted octanol–water partition coefficient (Wildman–Crippen LogP) is 5.71. The van der Waals surface area contributed by atoms with Crippen LogP contribution in [-0.2, 0) is 0 Å². The van der Waals surface area contributed by atoms with Gasteiger partial charge >= 0.3 is 0 Å². The zero-order valence-corrected chi connectivity index (χ0v) is 38.1. The molecule has 12 N–H and O–H groups in total. The van der Waals surface area contributed by atoms with E-state index in [1.54, 1.807) is 72.8 Å². The number of ether oxygens (including phenoxy) is 4. The van der Waals surface area contributed by atoms with Crippen molar-refractivity contribution in [3.8, 4) is 117 Å². The number of amides is 4. The van der Waals surface area contributed by atoms with Gasteiger partial charge in [-0.2, -0.15) is 0 Å². The first-order valence-corrected chi connectivity index (χ1v) is 21.7. The van der Waals surface area contributed by atoms with E-state index < -0.39 is 23.6 Å². The average Bonchev–Trinajstić information content (AvgIpc) is 3.42. The lowest BCUT2D eigenvalue weighted by atomic mass is 9.81. The molecule has 0 saturated carbocycles. The minimum Gasteiger partial charge on any atom is -0.480 e. The number of hydrogen-bond donors (Lipinski definition) is 8. The fraction of sp³-hybridized carbons (Fsp3) is 0.0714. The largest absolute Gasteiger partial charge is 0.480 e. The molecule has 8 rings (SSSR count). The van der Waals surface area contributed by atoms with Gasteiger partial charge in [0.05, 0.1) is 22.3 Å². The van der Waals surface area contributed by atoms with Gasteiger partial charge in [-0.15, -0.1) is 25.7 Å². The molecular weight excluding hydrogens is 913 g/mol. The second-order valence-corrected chi connectivity index (χ2v) is 15.7. The Morgan fingerprint density at radius 1 is 0.361 bits per heavy atom. The second kappa shape index (κ2) is 21.1. The number of carbonyl (C=O) groups is 4. The number of hydrogen-bond acceptors (Lipinski definition) is 12. The van der Waals surface area contributed by atoms with Crippen LogP contribution in [0, 0.1) is 49.4 Å². The van der Waals surface area contributed by atoms with E-state index in [1.807, 2.05) is 36.4 Å². The van der Waals surface area contributed by atoms with Crippen molar-refractivity contribution in [1.82, 2.24) is 21.7 Å². The van der Waals surface area contributed by atoms with E-state index in [1.165, 1.54) is 0 Å². The Balaban J connectivity index is 1.54. The van der Waals surface area contributed by atoms with Gasteiger partial charge in [0.2, 0.25) is 0 Å². The molecule has 16 heteroatoms. The third-order valence-electron chi connectivity index (χ3n) is 11.8. The summed E-state index contributed by atoms with van der Waals surface area (Å²) in [6.07, 6.45) is 22.4. The molecule has 8 aromatic carbocycles. The monoisotopic (exact) mass is 954 g/mol. The van der Waals surface area contributed by atoms with Crippen LogP contribution < -0.4 is 64.0 Å². The fourth-order valence-corrected chi connectivity index (χ4v) is 8.72. The van der Waals surface area contributed by atoms with Crippen molar-refractivity contribution < 1.29 is 38.1 Å². The molecule has 4 amide bonds. The Kier molecular flexibility index (Phi) is 14.2. The first-order chi connectivity index (χ1) is 35.0. The van der Waals surface area contributed by atoms with Crippen LogP contribution in [0.1, 0.15) is 41.4 Å². The van der Waals surface area contributed by atoms with Gasteiger partial charge in [-0.05, 0) is 137 Å². The maximum absolute atomic E-state index is 13.0. The minimum absolute atomic E-state index is 0.145. The second-order valence-electron chi connectivity index (χ2n) is 15.7. The van der Waals surface area contributed by atoms with Gasteiger partial charge in [-0.3, -0.25) is 40.9 Å². The molecule has 0 fully saturated rings. The van der Waals surface area contributed by atoms with Crippen molar-refractivity contribution in [1.29, 1.82) is 0 Å². The molecule has 8 aromatic rings. The van der Waals surface area contributed by atoms with Crippen molar-refractivity contribution in [3.05, 3.63) is 131 Å². The summed E-state index contributed by atoms with van der Waals surface area (Å²) in [5, 5.41) is 4.68. The van der Waals surface area contributed by atoms with Crippen molar-refractivity contribution in [3.63, 3.8) is 0 Å². The Morgan fingerprint density at radius 3 is 0.778 bits per heavy atom. The lowest BCUT2D eigenvalue weighted by molar-refractivity contribution is 0.0942. The molecule has 0 aliphatic rings. The summed E-state index contributed by atoms with van der Waals surface area (Å²) in [5.41, 5.74) is 14.5. The van der Waals surface area contributed by atoms with Gasteiger partial charge in [0.25, 0.3) is 23.6 Å². The summed E-state index contributed by atoms with van der Waals surface area (Å²) in [6, 6.07) is 32.2. The number of hydrazine groups is 4. The zero-order chi connectivity index (χ0) is 51.1. The van der Waals surface area contributed by atoms with Crippen LogP contribution in [0.2, 0.25) is 0 Å². The van der Waals surface area contributed by atoms with E-state index in [4.69, 9.17) is 68.0 Å². The van der Waals surface area contributed by atoms with E-state index in [0.29, 0.717) is 44.5 Å². The van der Waals surface area contributed by atoms with Crippen molar-refractivity contribution >= 4 is 55.9 Å². The molecule has 0 aromatic heterocycles. The van der Waals surface area contributed by atoms with Crippen LogP contribution in [0.4, 0.5) is 0 Å². The van der Waals surface area contributed by atoms with Gasteiger partial charge < -0.3 is 18.9 Å². The normalized spacial score (nSPS) is 10.6. The lowest BCUT2D eigenvalue weighted by Gasteiger charge is -2.22. The maximum Gasteiger partial charge on any atom is 0.268 e. The van der Waals surface area contributed by atoms with Crippen LogP contribution in [0.3, 0.4) is 0 Å². The fourth-order valence-electron chi connectivity index (χ4n) is 8.72. The van der Waals surface area contributed by atoms with E-state index in [2.05, 4.69) is 45.4 Å². The van der Waals surface area contributed by atoms with Crippen LogP contribution in [0.25, 0.3) is 76.8 Å². The number of nitrogens with two attached hydrogens (primary N) is 4. The molecule has 0 heterocycles. The van der Waals surface area contributed by atoms with Crippen LogP contribution >= 0.6 is 0 Å². The summed E-state index contributed by atoms with van der Waals surface area (Å²) >= 11 is 0. The third-order valence-corrected chi connectivity index (χ3v) is 11.8. The number of nitrogens with one attached hydrogen (secondary N) is 4. The quantitative estimate of drug-likeness (QED) is 0.0191. The van der Waals surface area contributed by atoms with Gasteiger partial charge in [-0.1, -0.05) is 72.2 Å².